The van der Waals surface area contributed by atoms with E-state index in [0.717, 1.165) is 0 Å². The number of thiophene rings is 1. The Morgan fingerprint density at radius 3 is 2.39 bits per heavy atom. The Hall–Kier alpha value is -2.23. The van der Waals surface area contributed by atoms with Gasteiger partial charge >= 0.3 is 0 Å². The van der Waals surface area contributed by atoms with Crippen LogP contribution in [-0.2, 0) is 14.8 Å². The molecule has 1 aliphatic heterocycles. The van der Waals surface area contributed by atoms with Crippen LogP contribution in [0.4, 0.5) is 5.69 Å². The third-order valence-corrected chi connectivity index (χ3v) is 7.94. The van der Waals surface area contributed by atoms with E-state index in [2.05, 4.69) is 10.6 Å². The molecule has 7 nitrogen and oxygen atoms in total. The number of carbonyl (C=O) groups is 2. The van der Waals surface area contributed by atoms with Crippen molar-refractivity contribution in [3.05, 3.63) is 47.3 Å². The second-order valence-electron chi connectivity index (χ2n) is 6.54. The molecular weight excluding hydrogens is 398 g/mol. The van der Waals surface area contributed by atoms with E-state index in [-0.39, 0.29) is 17.7 Å². The van der Waals surface area contributed by atoms with Crippen molar-refractivity contribution in [2.24, 2.45) is 5.92 Å². The molecule has 0 unspecified atom stereocenters. The van der Waals surface area contributed by atoms with Gasteiger partial charge in [-0.2, -0.15) is 4.31 Å². The highest BCUT2D eigenvalue weighted by Gasteiger charge is 2.32. The highest BCUT2D eigenvalue weighted by molar-refractivity contribution is 7.91. The molecule has 0 atom stereocenters. The first-order chi connectivity index (χ1) is 13.4. The summed E-state index contributed by atoms with van der Waals surface area (Å²) in [4.78, 5) is 24.3. The minimum Gasteiger partial charge on any atom is -0.352 e. The summed E-state index contributed by atoms with van der Waals surface area (Å²) < 4.78 is 26.9. The molecular formula is C19H23N3O4S2. The van der Waals surface area contributed by atoms with Crippen molar-refractivity contribution in [2.45, 2.75) is 24.0 Å². The lowest BCUT2D eigenvalue weighted by Crippen LogP contribution is -2.41. The summed E-state index contributed by atoms with van der Waals surface area (Å²) in [6.07, 6.45) is 0.959. The minimum atomic E-state index is -3.46. The molecule has 0 bridgehead atoms. The first-order valence-electron chi connectivity index (χ1n) is 9.14. The number of rotatable bonds is 6. The molecule has 1 aliphatic rings. The summed E-state index contributed by atoms with van der Waals surface area (Å²) in [6, 6.07) is 10.0. The molecule has 0 spiro atoms. The van der Waals surface area contributed by atoms with Gasteiger partial charge in [-0.05, 0) is 55.5 Å². The standard InChI is InChI=1S/C19H23N3O4S2/c1-2-20-18(23)14-5-7-16(8-6-14)21-19(24)15-9-11-22(12-10-15)28(25,26)17-4-3-13-27-17/h3-8,13,15H,2,9-12H2,1H3,(H,20,23)(H,21,24). The average molecular weight is 422 g/mol. The molecule has 0 aliphatic carbocycles. The number of hydrogen-bond acceptors (Lipinski definition) is 5. The predicted molar refractivity (Wildman–Crippen MR) is 109 cm³/mol. The van der Waals surface area contributed by atoms with Gasteiger partial charge < -0.3 is 10.6 Å². The van der Waals surface area contributed by atoms with Crippen LogP contribution in [0.15, 0.2) is 46.0 Å². The zero-order valence-corrected chi connectivity index (χ0v) is 17.2. The van der Waals surface area contributed by atoms with E-state index >= 15 is 0 Å². The number of benzene rings is 1. The van der Waals surface area contributed by atoms with Crippen molar-refractivity contribution in [1.29, 1.82) is 0 Å². The van der Waals surface area contributed by atoms with E-state index in [1.807, 2.05) is 6.92 Å². The summed E-state index contributed by atoms with van der Waals surface area (Å²) in [6.45, 7) is 3.06. The molecule has 150 valence electrons. The Labute approximate surface area is 168 Å². The molecule has 1 saturated heterocycles. The maximum Gasteiger partial charge on any atom is 0.252 e. The molecule has 2 heterocycles. The molecule has 9 heteroatoms. The van der Waals surface area contributed by atoms with Gasteiger partial charge in [0.05, 0.1) is 0 Å². The fourth-order valence-corrected chi connectivity index (χ4v) is 5.72. The number of nitrogens with one attached hydrogen (secondary N) is 2. The molecule has 1 fully saturated rings. The number of amides is 2. The quantitative estimate of drug-likeness (QED) is 0.749. The summed E-state index contributed by atoms with van der Waals surface area (Å²) in [5.74, 6) is -0.517. The monoisotopic (exact) mass is 421 g/mol. The van der Waals surface area contributed by atoms with Gasteiger partial charge in [0, 0.05) is 36.8 Å². The molecule has 28 heavy (non-hydrogen) atoms. The minimum absolute atomic E-state index is 0.126. The van der Waals surface area contributed by atoms with Gasteiger partial charge in [-0.15, -0.1) is 11.3 Å². The number of hydrogen-bond donors (Lipinski definition) is 2. The summed E-state index contributed by atoms with van der Waals surface area (Å²) in [5.41, 5.74) is 1.15. The van der Waals surface area contributed by atoms with Crippen LogP contribution < -0.4 is 10.6 Å². The Bertz CT molecular complexity index is 917. The maximum atomic E-state index is 12.6. The molecule has 2 aromatic rings. The first kappa shape index (κ1) is 20.5. The van der Waals surface area contributed by atoms with Crippen LogP contribution in [0.5, 0.6) is 0 Å². The van der Waals surface area contributed by atoms with Crippen LogP contribution in [0, 0.1) is 5.92 Å². The lowest BCUT2D eigenvalue weighted by molar-refractivity contribution is -0.120. The number of nitrogens with zero attached hydrogens (tertiary/aromatic N) is 1. The highest BCUT2D eigenvalue weighted by atomic mass is 32.2. The zero-order valence-electron chi connectivity index (χ0n) is 15.6. The van der Waals surface area contributed by atoms with Crippen LogP contribution in [0.25, 0.3) is 0 Å². The predicted octanol–water partition coefficient (Wildman–Crippen LogP) is 2.54. The number of anilines is 1. The number of sulfonamides is 1. The van der Waals surface area contributed by atoms with Crippen molar-refractivity contribution in [1.82, 2.24) is 9.62 Å². The first-order valence-corrected chi connectivity index (χ1v) is 11.5. The third-order valence-electron chi connectivity index (χ3n) is 4.67. The van der Waals surface area contributed by atoms with Crippen molar-refractivity contribution in [2.75, 3.05) is 25.0 Å². The van der Waals surface area contributed by atoms with Gasteiger partial charge in [0.25, 0.3) is 15.9 Å². The van der Waals surface area contributed by atoms with Crippen molar-refractivity contribution in [3.63, 3.8) is 0 Å². The van der Waals surface area contributed by atoms with Crippen LogP contribution >= 0.6 is 11.3 Å². The van der Waals surface area contributed by atoms with Gasteiger partial charge in [0.2, 0.25) is 5.91 Å². The fourth-order valence-electron chi connectivity index (χ4n) is 3.11. The second kappa shape index (κ2) is 8.85. The molecule has 0 radical (unpaired) electrons. The van der Waals surface area contributed by atoms with Crippen LogP contribution in [0.2, 0.25) is 0 Å². The Morgan fingerprint density at radius 1 is 1.14 bits per heavy atom. The van der Waals surface area contributed by atoms with Crippen molar-refractivity contribution < 1.29 is 18.0 Å². The Kier molecular flexibility index (Phi) is 6.48. The van der Waals surface area contributed by atoms with E-state index in [1.54, 1.807) is 41.8 Å². The molecule has 0 saturated carbocycles. The number of carbonyl (C=O) groups excluding carboxylic acids is 2. The van der Waals surface area contributed by atoms with E-state index in [1.165, 1.54) is 15.6 Å². The van der Waals surface area contributed by atoms with Gasteiger partial charge in [-0.1, -0.05) is 6.07 Å². The van der Waals surface area contributed by atoms with Crippen molar-refractivity contribution in [3.8, 4) is 0 Å². The molecule has 2 amide bonds. The lowest BCUT2D eigenvalue weighted by atomic mass is 9.97. The van der Waals surface area contributed by atoms with Gasteiger partial charge in [0.1, 0.15) is 4.21 Å². The number of piperidine rings is 1. The largest absolute Gasteiger partial charge is 0.352 e. The normalized spacial score (nSPS) is 15.9. The fraction of sp³-hybridized carbons (Fsp3) is 0.368. The molecule has 1 aromatic heterocycles. The smallest absolute Gasteiger partial charge is 0.252 e. The maximum absolute atomic E-state index is 12.6. The summed E-state index contributed by atoms with van der Waals surface area (Å²) in [7, 11) is -3.46. The molecule has 2 N–H and O–H groups in total. The van der Waals surface area contributed by atoms with Gasteiger partial charge in [-0.25, -0.2) is 8.42 Å². The van der Waals surface area contributed by atoms with Crippen LogP contribution in [-0.4, -0.2) is 44.2 Å². The molecule has 1 aromatic carbocycles. The van der Waals surface area contributed by atoms with E-state index in [9.17, 15) is 18.0 Å². The highest BCUT2D eigenvalue weighted by Crippen LogP contribution is 2.27. The lowest BCUT2D eigenvalue weighted by Gasteiger charge is -2.30. The topological polar surface area (TPSA) is 95.6 Å². The Morgan fingerprint density at radius 2 is 1.82 bits per heavy atom. The Balaban J connectivity index is 1.55. The van der Waals surface area contributed by atoms with Crippen LogP contribution in [0.3, 0.4) is 0 Å². The molecule has 3 rings (SSSR count). The van der Waals surface area contributed by atoms with E-state index in [0.29, 0.717) is 47.9 Å². The van der Waals surface area contributed by atoms with Gasteiger partial charge in [-0.3, -0.25) is 9.59 Å². The van der Waals surface area contributed by atoms with E-state index in [4.69, 9.17) is 0 Å². The average Bonchev–Trinajstić information content (AvgIpc) is 3.24. The van der Waals surface area contributed by atoms with E-state index < -0.39 is 10.0 Å². The summed E-state index contributed by atoms with van der Waals surface area (Å²) in [5, 5.41) is 7.32. The van der Waals surface area contributed by atoms with Crippen LogP contribution in [0.1, 0.15) is 30.1 Å². The third kappa shape index (κ3) is 4.60. The summed E-state index contributed by atoms with van der Waals surface area (Å²) >= 11 is 1.20. The SMILES string of the molecule is CCNC(=O)c1ccc(NC(=O)C2CCN(S(=O)(=O)c3cccs3)CC2)cc1. The van der Waals surface area contributed by atoms with Gasteiger partial charge in [0.15, 0.2) is 0 Å². The zero-order chi connectivity index (χ0) is 20.1. The van der Waals surface area contributed by atoms with Crippen molar-refractivity contribution >= 4 is 38.9 Å². The second-order valence-corrected chi connectivity index (χ2v) is 9.65.